The number of nitrogens with two attached hydrogens (primary N) is 1. The summed E-state index contributed by atoms with van der Waals surface area (Å²) in [7, 11) is 0. The van der Waals surface area contributed by atoms with Crippen LogP contribution in [0.4, 0.5) is 0 Å². The molecule has 1 aromatic heterocycles. The lowest BCUT2D eigenvalue weighted by Gasteiger charge is -2.07. The molecule has 0 saturated heterocycles. The summed E-state index contributed by atoms with van der Waals surface area (Å²) in [6.45, 7) is 2.17. The van der Waals surface area contributed by atoms with Crippen LogP contribution in [0.5, 0.6) is 0 Å². The summed E-state index contributed by atoms with van der Waals surface area (Å²) in [5.41, 5.74) is 5.95. The van der Waals surface area contributed by atoms with Crippen LogP contribution in [0, 0.1) is 0 Å². The Morgan fingerprint density at radius 3 is 2.83 bits per heavy atom. The first-order valence-corrected chi connectivity index (χ1v) is 5.44. The van der Waals surface area contributed by atoms with Gasteiger partial charge >= 0.3 is 0 Å². The molecule has 12 heavy (non-hydrogen) atoms. The minimum atomic E-state index is 0.183. The van der Waals surface area contributed by atoms with E-state index in [9.17, 15) is 0 Å². The van der Waals surface area contributed by atoms with E-state index in [2.05, 4.69) is 6.92 Å². The van der Waals surface area contributed by atoms with Crippen molar-refractivity contribution in [1.29, 1.82) is 0 Å². The zero-order valence-corrected chi connectivity index (χ0v) is 8.79. The molecule has 0 aliphatic heterocycles. The average molecular weight is 204 g/mol. The lowest BCUT2D eigenvalue weighted by molar-refractivity contribution is 0.611. The van der Waals surface area contributed by atoms with Crippen molar-refractivity contribution in [2.75, 3.05) is 0 Å². The first-order chi connectivity index (χ1) is 5.74. The molecule has 3 heteroatoms. The van der Waals surface area contributed by atoms with E-state index in [0.717, 1.165) is 10.8 Å². The number of rotatable bonds is 4. The van der Waals surface area contributed by atoms with Crippen molar-refractivity contribution in [2.45, 2.75) is 32.2 Å². The van der Waals surface area contributed by atoms with E-state index < -0.39 is 0 Å². The van der Waals surface area contributed by atoms with E-state index >= 15 is 0 Å². The Morgan fingerprint density at radius 2 is 2.33 bits per heavy atom. The number of thiophene rings is 1. The molecule has 2 N–H and O–H groups in total. The molecule has 68 valence electrons. The molecule has 0 fully saturated rings. The summed E-state index contributed by atoms with van der Waals surface area (Å²) in [5.74, 6) is 0. The van der Waals surface area contributed by atoms with Gasteiger partial charge < -0.3 is 5.73 Å². The third kappa shape index (κ3) is 2.77. The van der Waals surface area contributed by atoms with Gasteiger partial charge in [-0.3, -0.25) is 0 Å². The Balaban J connectivity index is 2.47. The van der Waals surface area contributed by atoms with E-state index in [1.54, 1.807) is 11.3 Å². The SMILES string of the molecule is CCCC[C@H](N)c1ccc(Cl)s1. The van der Waals surface area contributed by atoms with Crippen LogP contribution < -0.4 is 5.73 Å². The van der Waals surface area contributed by atoms with Gasteiger partial charge in [-0.15, -0.1) is 11.3 Å². The maximum absolute atomic E-state index is 5.95. The van der Waals surface area contributed by atoms with Crippen LogP contribution in [0.3, 0.4) is 0 Å². The highest BCUT2D eigenvalue weighted by Gasteiger charge is 2.07. The number of halogens is 1. The zero-order chi connectivity index (χ0) is 8.97. The number of hydrogen-bond donors (Lipinski definition) is 1. The minimum Gasteiger partial charge on any atom is -0.323 e. The second-order valence-electron chi connectivity index (χ2n) is 2.89. The van der Waals surface area contributed by atoms with E-state index in [0.29, 0.717) is 0 Å². The summed E-state index contributed by atoms with van der Waals surface area (Å²) in [4.78, 5) is 1.20. The van der Waals surface area contributed by atoms with Gasteiger partial charge in [-0.2, -0.15) is 0 Å². The van der Waals surface area contributed by atoms with Crippen LogP contribution in [-0.2, 0) is 0 Å². The molecule has 0 unspecified atom stereocenters. The van der Waals surface area contributed by atoms with Gasteiger partial charge in [-0.25, -0.2) is 0 Å². The first kappa shape index (κ1) is 10.0. The van der Waals surface area contributed by atoms with E-state index in [1.807, 2.05) is 12.1 Å². The number of unbranched alkanes of at least 4 members (excludes halogenated alkanes) is 1. The van der Waals surface area contributed by atoms with Crippen molar-refractivity contribution in [1.82, 2.24) is 0 Å². The Morgan fingerprint density at radius 1 is 1.58 bits per heavy atom. The Hall–Kier alpha value is -0.0500. The quantitative estimate of drug-likeness (QED) is 0.795. The van der Waals surface area contributed by atoms with Crippen molar-refractivity contribution in [3.05, 3.63) is 21.3 Å². The fraction of sp³-hybridized carbons (Fsp3) is 0.556. The van der Waals surface area contributed by atoms with Gasteiger partial charge in [-0.05, 0) is 18.6 Å². The molecule has 1 aromatic rings. The topological polar surface area (TPSA) is 26.0 Å². The zero-order valence-electron chi connectivity index (χ0n) is 7.22. The third-order valence-corrected chi connectivity index (χ3v) is 3.19. The Bertz CT molecular complexity index is 234. The van der Waals surface area contributed by atoms with Gasteiger partial charge in [0.05, 0.1) is 4.34 Å². The van der Waals surface area contributed by atoms with Crippen LogP contribution in [0.1, 0.15) is 37.1 Å². The molecular weight excluding hydrogens is 190 g/mol. The molecule has 1 atom stereocenters. The predicted molar refractivity (Wildman–Crippen MR) is 55.8 cm³/mol. The van der Waals surface area contributed by atoms with Gasteiger partial charge in [0.15, 0.2) is 0 Å². The molecule has 1 nitrogen and oxygen atoms in total. The highest BCUT2D eigenvalue weighted by atomic mass is 35.5. The minimum absolute atomic E-state index is 0.183. The fourth-order valence-corrected chi connectivity index (χ4v) is 2.19. The molecule has 0 amide bonds. The summed E-state index contributed by atoms with van der Waals surface area (Å²) in [5, 5.41) is 0. The van der Waals surface area contributed by atoms with E-state index in [4.69, 9.17) is 17.3 Å². The largest absolute Gasteiger partial charge is 0.323 e. The molecule has 0 bridgehead atoms. The maximum atomic E-state index is 5.95. The van der Waals surface area contributed by atoms with Crippen molar-refractivity contribution in [3.8, 4) is 0 Å². The first-order valence-electron chi connectivity index (χ1n) is 4.25. The van der Waals surface area contributed by atoms with Crippen LogP contribution in [0.15, 0.2) is 12.1 Å². The smallest absolute Gasteiger partial charge is 0.0931 e. The van der Waals surface area contributed by atoms with E-state index in [-0.39, 0.29) is 6.04 Å². The normalized spacial score (nSPS) is 13.2. The lowest BCUT2D eigenvalue weighted by Crippen LogP contribution is -2.07. The van der Waals surface area contributed by atoms with E-state index in [1.165, 1.54) is 17.7 Å². The molecule has 0 saturated carbocycles. The second-order valence-corrected chi connectivity index (χ2v) is 4.64. The molecule has 0 spiro atoms. The highest BCUT2D eigenvalue weighted by Crippen LogP contribution is 2.27. The third-order valence-electron chi connectivity index (χ3n) is 1.83. The molecule has 0 aromatic carbocycles. The lowest BCUT2D eigenvalue weighted by atomic mass is 10.1. The average Bonchev–Trinajstić information content (AvgIpc) is 2.47. The molecular formula is C9H14ClNS. The van der Waals surface area contributed by atoms with Crippen LogP contribution in [0.2, 0.25) is 4.34 Å². The molecule has 0 aliphatic rings. The van der Waals surface area contributed by atoms with Crippen LogP contribution in [-0.4, -0.2) is 0 Å². The van der Waals surface area contributed by atoms with Gasteiger partial charge in [0, 0.05) is 10.9 Å². The summed E-state index contributed by atoms with van der Waals surface area (Å²) in [6, 6.07) is 4.11. The van der Waals surface area contributed by atoms with Crippen molar-refractivity contribution in [2.24, 2.45) is 5.73 Å². The van der Waals surface area contributed by atoms with Gasteiger partial charge in [0.2, 0.25) is 0 Å². The van der Waals surface area contributed by atoms with Crippen molar-refractivity contribution < 1.29 is 0 Å². The fourth-order valence-electron chi connectivity index (χ4n) is 1.09. The standard InChI is InChI=1S/C9H14ClNS/c1-2-3-4-7(11)8-5-6-9(10)12-8/h5-7H,2-4,11H2,1H3/t7-/m0/s1. The van der Waals surface area contributed by atoms with Gasteiger partial charge in [0.1, 0.15) is 0 Å². The number of hydrogen-bond acceptors (Lipinski definition) is 2. The van der Waals surface area contributed by atoms with Gasteiger partial charge in [0.25, 0.3) is 0 Å². The van der Waals surface area contributed by atoms with Crippen LogP contribution >= 0.6 is 22.9 Å². The monoisotopic (exact) mass is 203 g/mol. The summed E-state index contributed by atoms with van der Waals surface area (Å²) < 4.78 is 0.831. The maximum Gasteiger partial charge on any atom is 0.0931 e. The molecule has 1 rings (SSSR count). The predicted octanol–water partition coefficient (Wildman–Crippen LogP) is 3.59. The summed E-state index contributed by atoms with van der Waals surface area (Å²) >= 11 is 7.39. The second kappa shape index (κ2) is 4.85. The molecule has 0 aliphatic carbocycles. The molecule has 0 radical (unpaired) electrons. The van der Waals surface area contributed by atoms with Crippen LogP contribution in [0.25, 0.3) is 0 Å². The van der Waals surface area contributed by atoms with Crippen molar-refractivity contribution in [3.63, 3.8) is 0 Å². The Labute approximate surface area is 82.5 Å². The highest BCUT2D eigenvalue weighted by molar-refractivity contribution is 7.16. The Kier molecular flexibility index (Phi) is 4.06. The van der Waals surface area contributed by atoms with Gasteiger partial charge in [-0.1, -0.05) is 31.4 Å². The summed E-state index contributed by atoms with van der Waals surface area (Å²) in [6.07, 6.45) is 3.46. The molecule has 1 heterocycles. The van der Waals surface area contributed by atoms with Crippen molar-refractivity contribution >= 4 is 22.9 Å².